The molecule has 2 aromatic carbocycles. The second kappa shape index (κ2) is 9.84. The van der Waals surface area contributed by atoms with E-state index in [1.165, 1.54) is 0 Å². The highest BCUT2D eigenvalue weighted by molar-refractivity contribution is 5.96. The van der Waals surface area contributed by atoms with Crippen LogP contribution in [0.25, 0.3) is 11.1 Å². The molecule has 0 aliphatic carbocycles. The molecular formula is C26H30N2O3. The van der Waals surface area contributed by atoms with Gasteiger partial charge in [0, 0.05) is 23.6 Å². The van der Waals surface area contributed by atoms with Crippen LogP contribution in [0.5, 0.6) is 5.75 Å². The molecule has 1 aliphatic rings. The third-order valence-corrected chi connectivity index (χ3v) is 5.97. The van der Waals surface area contributed by atoms with E-state index in [1.807, 2.05) is 48.5 Å². The number of aryl methyl sites for hydroxylation is 1. The number of likely N-dealkylation sites (tertiary alicyclic amines) is 1. The van der Waals surface area contributed by atoms with E-state index in [2.05, 4.69) is 29.3 Å². The Labute approximate surface area is 184 Å². The van der Waals surface area contributed by atoms with Crippen LogP contribution in [0.4, 0.5) is 5.69 Å². The zero-order valence-corrected chi connectivity index (χ0v) is 18.3. The van der Waals surface area contributed by atoms with Crippen LogP contribution in [0, 0.1) is 5.92 Å². The van der Waals surface area contributed by atoms with Gasteiger partial charge in [0.05, 0.1) is 13.7 Å². The minimum atomic E-state index is 0.0254. The van der Waals surface area contributed by atoms with Gasteiger partial charge in [-0.25, -0.2) is 0 Å². The lowest BCUT2D eigenvalue weighted by molar-refractivity contribution is -0.121. The lowest BCUT2D eigenvalue weighted by Gasteiger charge is -2.30. The van der Waals surface area contributed by atoms with Crippen LogP contribution in [-0.4, -0.2) is 31.0 Å². The maximum Gasteiger partial charge on any atom is 0.227 e. The van der Waals surface area contributed by atoms with Gasteiger partial charge in [0.1, 0.15) is 17.3 Å². The number of methoxy groups -OCH3 is 1. The fraction of sp³-hybridized carbons (Fsp3) is 0.346. The fourth-order valence-corrected chi connectivity index (χ4v) is 4.14. The summed E-state index contributed by atoms with van der Waals surface area (Å²) in [5, 5.41) is 3.17. The summed E-state index contributed by atoms with van der Waals surface area (Å²) in [6.45, 7) is 4.71. The summed E-state index contributed by atoms with van der Waals surface area (Å²) in [4.78, 5) is 15.4. The number of hydrogen-bond donors (Lipinski definition) is 1. The second-order valence-electron chi connectivity index (χ2n) is 8.04. The number of anilines is 1. The Morgan fingerprint density at radius 1 is 1.06 bits per heavy atom. The van der Waals surface area contributed by atoms with E-state index in [0.717, 1.165) is 73.0 Å². The highest BCUT2D eigenvalue weighted by atomic mass is 16.5. The maximum atomic E-state index is 13.0. The van der Waals surface area contributed by atoms with Crippen LogP contribution >= 0.6 is 0 Å². The van der Waals surface area contributed by atoms with Crippen molar-refractivity contribution in [3.8, 4) is 16.9 Å². The molecule has 0 spiro atoms. The van der Waals surface area contributed by atoms with Gasteiger partial charge in [0.15, 0.2) is 0 Å². The SMILES string of the molecule is CCc1ccc(CN2CCC(C(=O)Nc3ccccc3-c3cccc(OC)c3)CC2)o1. The first-order valence-corrected chi connectivity index (χ1v) is 11.0. The molecule has 4 rings (SSSR count). The molecule has 1 saturated heterocycles. The molecule has 0 atom stereocenters. The van der Waals surface area contributed by atoms with Crippen molar-refractivity contribution in [2.24, 2.45) is 5.92 Å². The molecule has 1 aliphatic heterocycles. The Bertz CT molecular complexity index is 1020. The standard InChI is InChI=1S/C26H30N2O3/c1-3-21-11-12-23(31-21)18-28-15-13-19(14-16-28)26(29)27-25-10-5-4-9-24(25)20-7-6-8-22(17-20)30-2/h4-12,17,19H,3,13-16,18H2,1-2H3,(H,27,29). The van der Waals surface area contributed by atoms with Gasteiger partial charge < -0.3 is 14.5 Å². The number of carbonyl (C=O) groups excluding carboxylic acids is 1. The van der Waals surface area contributed by atoms with Crippen molar-refractivity contribution in [3.63, 3.8) is 0 Å². The molecule has 1 N–H and O–H groups in total. The Morgan fingerprint density at radius 2 is 1.84 bits per heavy atom. The van der Waals surface area contributed by atoms with Crippen molar-refractivity contribution in [2.75, 3.05) is 25.5 Å². The normalized spacial score (nSPS) is 15.0. The van der Waals surface area contributed by atoms with Crippen molar-refractivity contribution in [1.82, 2.24) is 4.90 Å². The number of furan rings is 1. The van der Waals surface area contributed by atoms with Gasteiger partial charge in [-0.05, 0) is 61.8 Å². The fourth-order valence-electron chi connectivity index (χ4n) is 4.14. The summed E-state index contributed by atoms with van der Waals surface area (Å²) in [5.41, 5.74) is 2.86. The largest absolute Gasteiger partial charge is 0.497 e. The quantitative estimate of drug-likeness (QED) is 0.561. The maximum absolute atomic E-state index is 13.0. The lowest BCUT2D eigenvalue weighted by Crippen LogP contribution is -2.37. The highest BCUT2D eigenvalue weighted by Gasteiger charge is 2.26. The van der Waals surface area contributed by atoms with Crippen LogP contribution in [0.15, 0.2) is 65.1 Å². The van der Waals surface area contributed by atoms with Crippen molar-refractivity contribution < 1.29 is 13.9 Å². The minimum Gasteiger partial charge on any atom is -0.497 e. The Morgan fingerprint density at radius 3 is 2.58 bits per heavy atom. The van der Waals surface area contributed by atoms with Gasteiger partial charge in [-0.2, -0.15) is 0 Å². The number of benzene rings is 2. The number of carbonyl (C=O) groups is 1. The van der Waals surface area contributed by atoms with Crippen LogP contribution < -0.4 is 10.1 Å². The average molecular weight is 419 g/mol. The van der Waals surface area contributed by atoms with Crippen molar-refractivity contribution >= 4 is 11.6 Å². The monoisotopic (exact) mass is 418 g/mol. The van der Waals surface area contributed by atoms with E-state index in [0.29, 0.717) is 0 Å². The number of amides is 1. The average Bonchev–Trinajstić information content (AvgIpc) is 3.27. The van der Waals surface area contributed by atoms with E-state index in [9.17, 15) is 4.79 Å². The molecule has 0 saturated carbocycles. The van der Waals surface area contributed by atoms with E-state index >= 15 is 0 Å². The summed E-state index contributed by atoms with van der Waals surface area (Å²) >= 11 is 0. The van der Waals surface area contributed by atoms with Gasteiger partial charge in [-0.3, -0.25) is 9.69 Å². The molecule has 5 heteroatoms. The smallest absolute Gasteiger partial charge is 0.227 e. The molecule has 31 heavy (non-hydrogen) atoms. The molecule has 5 nitrogen and oxygen atoms in total. The molecular weight excluding hydrogens is 388 g/mol. The number of piperidine rings is 1. The zero-order chi connectivity index (χ0) is 21.6. The van der Waals surface area contributed by atoms with E-state index in [4.69, 9.17) is 9.15 Å². The van der Waals surface area contributed by atoms with Crippen LogP contribution in [0.3, 0.4) is 0 Å². The third kappa shape index (κ3) is 5.17. The van der Waals surface area contributed by atoms with Gasteiger partial charge in [0.2, 0.25) is 5.91 Å². The van der Waals surface area contributed by atoms with E-state index < -0.39 is 0 Å². The third-order valence-electron chi connectivity index (χ3n) is 5.97. The van der Waals surface area contributed by atoms with Gasteiger partial charge in [-0.1, -0.05) is 37.3 Å². The molecule has 0 unspecified atom stereocenters. The van der Waals surface area contributed by atoms with E-state index in [1.54, 1.807) is 7.11 Å². The summed E-state index contributed by atoms with van der Waals surface area (Å²) in [6.07, 6.45) is 2.63. The zero-order valence-electron chi connectivity index (χ0n) is 18.3. The predicted molar refractivity (Wildman–Crippen MR) is 123 cm³/mol. The first-order valence-electron chi connectivity index (χ1n) is 11.0. The lowest BCUT2D eigenvalue weighted by atomic mass is 9.95. The Hall–Kier alpha value is -3.05. The molecule has 3 aromatic rings. The van der Waals surface area contributed by atoms with E-state index in [-0.39, 0.29) is 11.8 Å². The number of hydrogen-bond acceptors (Lipinski definition) is 4. The molecule has 1 amide bonds. The Balaban J connectivity index is 1.37. The molecule has 162 valence electrons. The van der Waals surface area contributed by atoms with Crippen LogP contribution in [0.2, 0.25) is 0 Å². The number of para-hydroxylation sites is 1. The number of rotatable bonds is 7. The van der Waals surface area contributed by atoms with Gasteiger partial charge in [0.25, 0.3) is 0 Å². The number of ether oxygens (including phenoxy) is 1. The molecule has 1 fully saturated rings. The number of nitrogens with one attached hydrogen (secondary N) is 1. The van der Waals surface area contributed by atoms with Gasteiger partial charge in [-0.15, -0.1) is 0 Å². The first-order chi connectivity index (χ1) is 15.2. The summed E-state index contributed by atoms with van der Waals surface area (Å²) in [6, 6.07) is 20.0. The molecule has 2 heterocycles. The summed E-state index contributed by atoms with van der Waals surface area (Å²) in [7, 11) is 1.66. The topological polar surface area (TPSA) is 54.7 Å². The van der Waals surface area contributed by atoms with Gasteiger partial charge >= 0.3 is 0 Å². The number of nitrogens with zero attached hydrogens (tertiary/aromatic N) is 1. The van der Waals surface area contributed by atoms with Crippen LogP contribution in [0.1, 0.15) is 31.3 Å². The second-order valence-corrected chi connectivity index (χ2v) is 8.04. The van der Waals surface area contributed by atoms with Crippen molar-refractivity contribution in [3.05, 3.63) is 72.2 Å². The highest BCUT2D eigenvalue weighted by Crippen LogP contribution is 2.31. The molecule has 0 radical (unpaired) electrons. The first kappa shape index (κ1) is 21.2. The van der Waals surface area contributed by atoms with Crippen molar-refractivity contribution in [2.45, 2.75) is 32.7 Å². The summed E-state index contributed by atoms with van der Waals surface area (Å²) in [5.74, 6) is 2.96. The summed E-state index contributed by atoms with van der Waals surface area (Å²) < 4.78 is 11.2. The predicted octanol–water partition coefficient (Wildman–Crippen LogP) is 5.37. The Kier molecular flexibility index (Phi) is 6.73. The molecule has 1 aromatic heterocycles. The minimum absolute atomic E-state index is 0.0254. The van der Waals surface area contributed by atoms with Crippen LogP contribution in [-0.2, 0) is 17.8 Å². The van der Waals surface area contributed by atoms with Crippen molar-refractivity contribution in [1.29, 1.82) is 0 Å². The molecule has 0 bridgehead atoms.